The first-order valence-corrected chi connectivity index (χ1v) is 6.84. The fourth-order valence-electron chi connectivity index (χ4n) is 2.91. The third-order valence-corrected chi connectivity index (χ3v) is 4.05. The lowest BCUT2D eigenvalue weighted by atomic mass is 9.95. The molecule has 2 unspecified atom stereocenters. The molecule has 2 aliphatic heterocycles. The smallest absolute Gasteiger partial charge is 0.227 e. The van der Waals surface area contributed by atoms with E-state index < -0.39 is 0 Å². The number of rotatable bonds is 2. The van der Waals surface area contributed by atoms with Gasteiger partial charge >= 0.3 is 0 Å². The lowest BCUT2D eigenvalue weighted by molar-refractivity contribution is -0.137. The maximum absolute atomic E-state index is 12.3. The highest BCUT2D eigenvalue weighted by atomic mass is 16.2. The number of nitrogens with zero attached hydrogens (tertiary/aromatic N) is 1. The molecule has 0 radical (unpaired) electrons. The second-order valence-electron chi connectivity index (χ2n) is 5.54. The van der Waals surface area contributed by atoms with Gasteiger partial charge < -0.3 is 15.5 Å². The highest BCUT2D eigenvalue weighted by molar-refractivity contribution is 5.80. The van der Waals surface area contributed by atoms with Crippen LogP contribution in [0.2, 0.25) is 0 Å². The van der Waals surface area contributed by atoms with E-state index in [1.54, 1.807) is 6.92 Å². The quantitative estimate of drug-likeness (QED) is 0.726. The number of hydrogen-bond donors (Lipinski definition) is 2. The summed E-state index contributed by atoms with van der Waals surface area (Å²) in [6, 6.07) is 0.241. The zero-order valence-electron chi connectivity index (χ0n) is 11.2. The third kappa shape index (κ3) is 3.02. The summed E-state index contributed by atoms with van der Waals surface area (Å²) in [7, 11) is 0. The van der Waals surface area contributed by atoms with E-state index in [-0.39, 0.29) is 23.8 Å². The molecule has 0 aliphatic carbocycles. The normalized spacial score (nSPS) is 29.3. The Hall–Kier alpha value is -1.10. The number of piperidine rings is 1. The van der Waals surface area contributed by atoms with Crippen LogP contribution in [0.5, 0.6) is 0 Å². The molecular weight excluding hydrogens is 230 g/mol. The van der Waals surface area contributed by atoms with Gasteiger partial charge in [-0.1, -0.05) is 6.92 Å². The summed E-state index contributed by atoms with van der Waals surface area (Å²) >= 11 is 0. The van der Waals surface area contributed by atoms with Gasteiger partial charge in [-0.2, -0.15) is 0 Å². The Bertz CT molecular complexity index is 324. The first kappa shape index (κ1) is 13.3. The molecule has 2 saturated heterocycles. The molecule has 0 aromatic carbocycles. The van der Waals surface area contributed by atoms with E-state index in [0.717, 1.165) is 39.0 Å². The van der Waals surface area contributed by atoms with E-state index in [0.29, 0.717) is 5.92 Å². The summed E-state index contributed by atoms with van der Waals surface area (Å²) in [6.45, 7) is 6.97. The van der Waals surface area contributed by atoms with Crippen LogP contribution in [0.15, 0.2) is 0 Å². The molecule has 0 bridgehead atoms. The maximum atomic E-state index is 12.3. The van der Waals surface area contributed by atoms with Gasteiger partial charge in [-0.15, -0.1) is 0 Å². The predicted molar refractivity (Wildman–Crippen MR) is 68.9 cm³/mol. The summed E-state index contributed by atoms with van der Waals surface area (Å²) in [5, 5.41) is 6.20. The van der Waals surface area contributed by atoms with Crippen molar-refractivity contribution in [1.29, 1.82) is 0 Å². The summed E-state index contributed by atoms with van der Waals surface area (Å²) in [5.41, 5.74) is 0. The second kappa shape index (κ2) is 5.69. The molecular formula is C13H23N3O2. The van der Waals surface area contributed by atoms with Crippen LogP contribution in [0, 0.1) is 11.8 Å². The van der Waals surface area contributed by atoms with Gasteiger partial charge in [0, 0.05) is 32.6 Å². The second-order valence-corrected chi connectivity index (χ2v) is 5.54. The van der Waals surface area contributed by atoms with Gasteiger partial charge in [0.25, 0.3) is 0 Å². The van der Waals surface area contributed by atoms with Crippen LogP contribution in [-0.4, -0.2) is 48.9 Å². The Kier molecular flexibility index (Phi) is 4.22. The average Bonchev–Trinajstić information content (AvgIpc) is 2.75. The van der Waals surface area contributed by atoms with Crippen molar-refractivity contribution in [3.8, 4) is 0 Å². The van der Waals surface area contributed by atoms with Crippen LogP contribution in [0.3, 0.4) is 0 Å². The molecule has 0 spiro atoms. The number of likely N-dealkylation sites (tertiary alicyclic amines) is 1. The molecule has 102 valence electrons. The summed E-state index contributed by atoms with van der Waals surface area (Å²) in [5.74, 6) is 0.884. The highest BCUT2D eigenvalue weighted by Crippen LogP contribution is 2.21. The van der Waals surface area contributed by atoms with E-state index in [2.05, 4.69) is 17.6 Å². The molecule has 2 aliphatic rings. The van der Waals surface area contributed by atoms with Crippen molar-refractivity contribution in [3.63, 3.8) is 0 Å². The van der Waals surface area contributed by atoms with Crippen molar-refractivity contribution in [2.75, 3.05) is 26.2 Å². The van der Waals surface area contributed by atoms with Gasteiger partial charge in [0.05, 0.1) is 5.92 Å². The topological polar surface area (TPSA) is 61.4 Å². The number of carbonyl (C=O) groups is 2. The van der Waals surface area contributed by atoms with Crippen molar-refractivity contribution in [1.82, 2.24) is 15.5 Å². The van der Waals surface area contributed by atoms with Crippen LogP contribution in [0.25, 0.3) is 0 Å². The van der Waals surface area contributed by atoms with Crippen molar-refractivity contribution in [3.05, 3.63) is 0 Å². The number of amides is 2. The van der Waals surface area contributed by atoms with E-state index in [4.69, 9.17) is 0 Å². The molecule has 0 aromatic heterocycles. The van der Waals surface area contributed by atoms with E-state index in [1.807, 2.05) is 4.90 Å². The third-order valence-electron chi connectivity index (χ3n) is 4.05. The van der Waals surface area contributed by atoms with Crippen molar-refractivity contribution >= 4 is 11.8 Å². The van der Waals surface area contributed by atoms with Crippen molar-refractivity contribution in [2.24, 2.45) is 11.8 Å². The lowest BCUT2D eigenvalue weighted by Gasteiger charge is -2.34. The Balaban J connectivity index is 1.82. The SMILES string of the molecule is CC(=O)NC1CCN(C(=O)C2CNCC2C)CC1. The molecule has 2 heterocycles. The fraction of sp³-hybridized carbons (Fsp3) is 0.846. The van der Waals surface area contributed by atoms with Crippen LogP contribution < -0.4 is 10.6 Å². The molecule has 5 nitrogen and oxygen atoms in total. The molecule has 2 fully saturated rings. The predicted octanol–water partition coefficient (Wildman–Crippen LogP) is -0.0310. The fourth-order valence-corrected chi connectivity index (χ4v) is 2.91. The van der Waals surface area contributed by atoms with Crippen LogP contribution in [0.4, 0.5) is 0 Å². The van der Waals surface area contributed by atoms with Crippen LogP contribution >= 0.6 is 0 Å². The Morgan fingerprint density at radius 3 is 2.39 bits per heavy atom. The minimum atomic E-state index is 0.0217. The van der Waals surface area contributed by atoms with Gasteiger partial charge in [0.2, 0.25) is 11.8 Å². The summed E-state index contributed by atoms with van der Waals surface area (Å²) < 4.78 is 0. The van der Waals surface area contributed by atoms with Crippen LogP contribution in [-0.2, 0) is 9.59 Å². The van der Waals surface area contributed by atoms with E-state index >= 15 is 0 Å². The van der Waals surface area contributed by atoms with E-state index in [1.165, 1.54) is 0 Å². The first-order valence-electron chi connectivity index (χ1n) is 6.84. The standard InChI is InChI=1S/C13H23N3O2/c1-9-7-14-8-12(9)13(18)16-5-3-11(4-6-16)15-10(2)17/h9,11-12,14H,3-8H2,1-2H3,(H,15,17). The number of nitrogens with one attached hydrogen (secondary N) is 2. The molecule has 5 heteroatoms. The molecule has 2 atom stereocenters. The lowest BCUT2D eigenvalue weighted by Crippen LogP contribution is -2.48. The maximum Gasteiger partial charge on any atom is 0.227 e. The largest absolute Gasteiger partial charge is 0.353 e. The average molecular weight is 253 g/mol. The van der Waals surface area contributed by atoms with Gasteiger partial charge in [-0.3, -0.25) is 9.59 Å². The Labute approximate surface area is 108 Å². The van der Waals surface area contributed by atoms with Gasteiger partial charge in [-0.25, -0.2) is 0 Å². The zero-order chi connectivity index (χ0) is 13.1. The zero-order valence-corrected chi connectivity index (χ0v) is 11.2. The van der Waals surface area contributed by atoms with Gasteiger partial charge in [-0.05, 0) is 25.3 Å². The summed E-state index contributed by atoms with van der Waals surface area (Å²) in [4.78, 5) is 25.3. The first-order chi connectivity index (χ1) is 8.58. The number of carbonyl (C=O) groups excluding carboxylic acids is 2. The van der Waals surface area contributed by atoms with E-state index in [9.17, 15) is 9.59 Å². The molecule has 2 amide bonds. The minimum Gasteiger partial charge on any atom is -0.353 e. The van der Waals surface area contributed by atoms with Gasteiger partial charge in [0.1, 0.15) is 0 Å². The molecule has 0 aromatic rings. The molecule has 2 N–H and O–H groups in total. The monoisotopic (exact) mass is 253 g/mol. The highest BCUT2D eigenvalue weighted by Gasteiger charge is 2.34. The molecule has 0 saturated carbocycles. The Morgan fingerprint density at radius 2 is 1.89 bits per heavy atom. The molecule has 2 rings (SSSR count). The van der Waals surface area contributed by atoms with Crippen LogP contribution in [0.1, 0.15) is 26.7 Å². The van der Waals surface area contributed by atoms with Crippen molar-refractivity contribution in [2.45, 2.75) is 32.7 Å². The minimum absolute atomic E-state index is 0.0217. The summed E-state index contributed by atoms with van der Waals surface area (Å²) in [6.07, 6.45) is 1.75. The number of hydrogen-bond acceptors (Lipinski definition) is 3. The van der Waals surface area contributed by atoms with Crippen molar-refractivity contribution < 1.29 is 9.59 Å². The Morgan fingerprint density at radius 1 is 1.22 bits per heavy atom. The van der Waals surface area contributed by atoms with Gasteiger partial charge in [0.15, 0.2) is 0 Å². The molecule has 18 heavy (non-hydrogen) atoms.